The van der Waals surface area contributed by atoms with E-state index in [4.69, 9.17) is 5.11 Å². The van der Waals surface area contributed by atoms with Crippen molar-refractivity contribution in [2.45, 2.75) is 25.3 Å². The number of carbonyl (C=O) groups excluding carboxylic acids is 1. The predicted octanol–water partition coefficient (Wildman–Crippen LogP) is 1.16. The number of aliphatic carboxylic acids is 1. The van der Waals surface area contributed by atoms with Gasteiger partial charge in [0.25, 0.3) is 0 Å². The lowest BCUT2D eigenvalue weighted by atomic mass is 9.92. The summed E-state index contributed by atoms with van der Waals surface area (Å²) in [6, 6.07) is 0.0422. The summed E-state index contributed by atoms with van der Waals surface area (Å²) in [7, 11) is 1.73. The molecule has 0 aromatic heterocycles. The fraction of sp³-hybridized carbons (Fsp3) is 0.636. The van der Waals surface area contributed by atoms with Gasteiger partial charge in [0.1, 0.15) is 6.54 Å². The quantitative estimate of drug-likeness (QED) is 0.716. The molecule has 16 heavy (non-hydrogen) atoms. The van der Waals surface area contributed by atoms with Crippen molar-refractivity contribution in [1.29, 1.82) is 0 Å². The van der Waals surface area contributed by atoms with Gasteiger partial charge in [-0.15, -0.1) is 6.58 Å². The maximum Gasteiger partial charge on any atom is 0.323 e. The van der Waals surface area contributed by atoms with Crippen LogP contribution in [0.2, 0.25) is 0 Å². The zero-order valence-electron chi connectivity index (χ0n) is 9.56. The third-order valence-corrected chi connectivity index (χ3v) is 2.87. The standard InChI is InChI=1S/C11H18N2O3/c1-3-7-13(8-10(14)15)11(16)12(2)9-5-4-6-9/h3,9H,1,4-8H2,2H3,(H,14,15). The Labute approximate surface area is 95.3 Å². The van der Waals surface area contributed by atoms with Crippen LogP contribution in [0.4, 0.5) is 4.79 Å². The largest absolute Gasteiger partial charge is 0.480 e. The lowest BCUT2D eigenvalue weighted by molar-refractivity contribution is -0.137. The Morgan fingerprint density at radius 2 is 2.12 bits per heavy atom. The van der Waals surface area contributed by atoms with Crippen molar-refractivity contribution in [3.05, 3.63) is 12.7 Å². The van der Waals surface area contributed by atoms with Crippen molar-refractivity contribution in [3.63, 3.8) is 0 Å². The number of hydrogen-bond acceptors (Lipinski definition) is 2. The van der Waals surface area contributed by atoms with Crippen LogP contribution in [0, 0.1) is 0 Å². The molecule has 1 N–H and O–H groups in total. The van der Waals surface area contributed by atoms with Crippen molar-refractivity contribution in [2.75, 3.05) is 20.1 Å². The maximum absolute atomic E-state index is 11.9. The first kappa shape index (κ1) is 12.5. The molecule has 0 radical (unpaired) electrons. The highest BCUT2D eigenvalue weighted by molar-refractivity contribution is 5.80. The molecule has 5 nitrogen and oxygen atoms in total. The number of rotatable bonds is 5. The monoisotopic (exact) mass is 226 g/mol. The van der Waals surface area contributed by atoms with E-state index < -0.39 is 5.97 Å². The molecule has 0 heterocycles. The Morgan fingerprint density at radius 1 is 1.50 bits per heavy atom. The van der Waals surface area contributed by atoms with Crippen molar-refractivity contribution >= 4 is 12.0 Å². The Morgan fingerprint density at radius 3 is 2.50 bits per heavy atom. The second kappa shape index (κ2) is 5.53. The molecule has 0 aromatic rings. The molecule has 0 atom stereocenters. The number of hydrogen-bond donors (Lipinski definition) is 1. The number of carboxylic acid groups (broad SMARTS) is 1. The Bertz CT molecular complexity index is 287. The summed E-state index contributed by atoms with van der Waals surface area (Å²) in [5.74, 6) is -1.00. The van der Waals surface area contributed by atoms with Crippen molar-refractivity contribution in [2.24, 2.45) is 0 Å². The highest BCUT2D eigenvalue weighted by Gasteiger charge is 2.28. The van der Waals surface area contributed by atoms with E-state index in [0.717, 1.165) is 19.3 Å². The van der Waals surface area contributed by atoms with E-state index in [1.807, 2.05) is 0 Å². The molecular weight excluding hydrogens is 208 g/mol. The van der Waals surface area contributed by atoms with Gasteiger partial charge in [-0.1, -0.05) is 6.08 Å². The summed E-state index contributed by atoms with van der Waals surface area (Å²) in [5, 5.41) is 8.70. The molecule has 0 aliphatic heterocycles. The fourth-order valence-electron chi connectivity index (χ4n) is 1.68. The second-order valence-electron chi connectivity index (χ2n) is 4.04. The minimum atomic E-state index is -1.00. The van der Waals surface area contributed by atoms with Crippen LogP contribution in [-0.4, -0.2) is 53.1 Å². The topological polar surface area (TPSA) is 60.9 Å². The van der Waals surface area contributed by atoms with Gasteiger partial charge in [-0.05, 0) is 19.3 Å². The summed E-state index contributed by atoms with van der Waals surface area (Å²) < 4.78 is 0. The third kappa shape index (κ3) is 2.98. The first-order chi connectivity index (χ1) is 7.56. The minimum Gasteiger partial charge on any atom is -0.480 e. The summed E-state index contributed by atoms with van der Waals surface area (Å²) in [5.41, 5.74) is 0. The van der Waals surface area contributed by atoms with E-state index in [1.54, 1.807) is 11.9 Å². The SMILES string of the molecule is C=CCN(CC(=O)O)C(=O)N(C)C1CCC1. The number of nitrogens with zero attached hydrogens (tertiary/aromatic N) is 2. The summed E-state index contributed by atoms with van der Waals surface area (Å²) >= 11 is 0. The normalized spacial score (nSPS) is 15.1. The Balaban J connectivity index is 2.57. The first-order valence-electron chi connectivity index (χ1n) is 5.40. The molecular formula is C11H18N2O3. The predicted molar refractivity (Wildman–Crippen MR) is 60.2 cm³/mol. The summed E-state index contributed by atoms with van der Waals surface area (Å²) in [4.78, 5) is 25.5. The zero-order valence-corrected chi connectivity index (χ0v) is 9.56. The van der Waals surface area contributed by atoms with Gasteiger partial charge in [-0.25, -0.2) is 4.79 Å². The van der Waals surface area contributed by atoms with E-state index in [9.17, 15) is 9.59 Å². The van der Waals surface area contributed by atoms with Crippen LogP contribution < -0.4 is 0 Å². The van der Waals surface area contributed by atoms with E-state index in [2.05, 4.69) is 6.58 Å². The molecule has 0 aromatic carbocycles. The van der Waals surface area contributed by atoms with Gasteiger partial charge in [-0.3, -0.25) is 4.79 Å². The van der Waals surface area contributed by atoms with Gasteiger partial charge in [-0.2, -0.15) is 0 Å². The zero-order chi connectivity index (χ0) is 12.1. The molecule has 1 rings (SSSR count). The van der Waals surface area contributed by atoms with Crippen molar-refractivity contribution in [3.8, 4) is 0 Å². The second-order valence-corrected chi connectivity index (χ2v) is 4.04. The molecule has 1 fully saturated rings. The van der Waals surface area contributed by atoms with Crippen LogP contribution in [0.1, 0.15) is 19.3 Å². The molecule has 1 aliphatic rings. The number of carboxylic acids is 1. The van der Waals surface area contributed by atoms with Gasteiger partial charge >= 0.3 is 12.0 Å². The molecule has 1 aliphatic carbocycles. The molecule has 0 unspecified atom stereocenters. The van der Waals surface area contributed by atoms with Crippen LogP contribution in [0.5, 0.6) is 0 Å². The molecule has 5 heteroatoms. The average molecular weight is 226 g/mol. The van der Waals surface area contributed by atoms with E-state index >= 15 is 0 Å². The van der Waals surface area contributed by atoms with Gasteiger partial charge in [0.05, 0.1) is 0 Å². The van der Waals surface area contributed by atoms with Gasteiger partial charge in [0.15, 0.2) is 0 Å². The van der Waals surface area contributed by atoms with E-state index in [-0.39, 0.29) is 25.2 Å². The lowest BCUT2D eigenvalue weighted by Crippen LogP contribution is -2.49. The third-order valence-electron chi connectivity index (χ3n) is 2.87. The number of carbonyl (C=O) groups is 2. The van der Waals surface area contributed by atoms with Gasteiger partial charge < -0.3 is 14.9 Å². The fourth-order valence-corrected chi connectivity index (χ4v) is 1.68. The molecule has 0 spiro atoms. The lowest BCUT2D eigenvalue weighted by Gasteiger charge is -2.37. The summed E-state index contributed by atoms with van der Waals surface area (Å²) in [6.45, 7) is 3.51. The first-order valence-corrected chi connectivity index (χ1v) is 5.40. The molecule has 0 bridgehead atoms. The summed E-state index contributed by atoms with van der Waals surface area (Å²) in [6.07, 6.45) is 4.70. The van der Waals surface area contributed by atoms with Crippen molar-refractivity contribution in [1.82, 2.24) is 9.80 Å². The number of urea groups is 1. The van der Waals surface area contributed by atoms with Crippen LogP contribution in [0.25, 0.3) is 0 Å². The Hall–Kier alpha value is -1.52. The smallest absolute Gasteiger partial charge is 0.323 e. The maximum atomic E-state index is 11.9. The number of amides is 2. The van der Waals surface area contributed by atoms with Gasteiger partial charge in [0, 0.05) is 19.6 Å². The van der Waals surface area contributed by atoms with Gasteiger partial charge in [0.2, 0.25) is 0 Å². The molecule has 90 valence electrons. The molecule has 2 amide bonds. The highest BCUT2D eigenvalue weighted by atomic mass is 16.4. The van der Waals surface area contributed by atoms with E-state index in [1.165, 1.54) is 11.0 Å². The van der Waals surface area contributed by atoms with E-state index in [0.29, 0.717) is 0 Å². The molecule has 0 saturated heterocycles. The minimum absolute atomic E-state index is 0.230. The molecule has 1 saturated carbocycles. The average Bonchev–Trinajstić information content (AvgIpc) is 2.12. The highest BCUT2D eigenvalue weighted by Crippen LogP contribution is 2.24. The Kier molecular flexibility index (Phi) is 4.34. The van der Waals surface area contributed by atoms with Crippen LogP contribution in [-0.2, 0) is 4.79 Å². The van der Waals surface area contributed by atoms with Crippen LogP contribution in [0.3, 0.4) is 0 Å². The van der Waals surface area contributed by atoms with Crippen LogP contribution in [0.15, 0.2) is 12.7 Å². The van der Waals surface area contributed by atoms with Crippen LogP contribution >= 0.6 is 0 Å². The van der Waals surface area contributed by atoms with Crippen molar-refractivity contribution < 1.29 is 14.7 Å².